The average molecular weight is 512 g/mol. The van der Waals surface area contributed by atoms with E-state index in [-0.39, 0.29) is 6.04 Å². The number of nitrogens with zero attached hydrogens (tertiary/aromatic N) is 6. The van der Waals surface area contributed by atoms with Gasteiger partial charge in [-0.3, -0.25) is 14.7 Å². The van der Waals surface area contributed by atoms with Gasteiger partial charge in [0, 0.05) is 69.1 Å². The minimum atomic E-state index is 0.268. The van der Waals surface area contributed by atoms with E-state index >= 15 is 0 Å². The fourth-order valence-electron chi connectivity index (χ4n) is 5.24. The highest BCUT2D eigenvalue weighted by Gasteiger charge is 2.35. The van der Waals surface area contributed by atoms with E-state index in [1.54, 1.807) is 13.4 Å². The van der Waals surface area contributed by atoms with Crippen molar-refractivity contribution in [3.8, 4) is 11.3 Å². The van der Waals surface area contributed by atoms with Gasteiger partial charge >= 0.3 is 0 Å². The van der Waals surface area contributed by atoms with Gasteiger partial charge < -0.3 is 14.6 Å². The molecule has 1 atom stereocenters. The van der Waals surface area contributed by atoms with Crippen LogP contribution in [0.3, 0.4) is 0 Å². The summed E-state index contributed by atoms with van der Waals surface area (Å²) in [5, 5.41) is 0. The zero-order valence-electron chi connectivity index (χ0n) is 21.9. The summed E-state index contributed by atoms with van der Waals surface area (Å²) in [6.07, 6.45) is 6.22. The molecule has 4 heterocycles. The molecule has 2 aliphatic rings. The van der Waals surface area contributed by atoms with Crippen LogP contribution in [-0.4, -0.2) is 73.9 Å². The minimum absolute atomic E-state index is 0.268. The van der Waals surface area contributed by atoms with E-state index in [9.17, 15) is 4.79 Å². The highest BCUT2D eigenvalue weighted by atomic mass is 16.5. The number of fused-ring (bicyclic) bond motifs is 1. The molecule has 9 nitrogen and oxygen atoms in total. The van der Waals surface area contributed by atoms with Gasteiger partial charge in [0.25, 0.3) is 0 Å². The van der Waals surface area contributed by atoms with E-state index < -0.39 is 0 Å². The fraction of sp³-hybridized carbons (Fsp3) is 0.414. The summed E-state index contributed by atoms with van der Waals surface area (Å²) in [5.41, 5.74) is 6.80. The van der Waals surface area contributed by atoms with Crippen molar-refractivity contribution in [1.82, 2.24) is 34.7 Å². The van der Waals surface area contributed by atoms with Gasteiger partial charge in [-0.15, -0.1) is 0 Å². The lowest BCUT2D eigenvalue weighted by Gasteiger charge is -2.38. The van der Waals surface area contributed by atoms with Gasteiger partial charge in [0.15, 0.2) is 0 Å². The van der Waals surface area contributed by atoms with E-state index in [0.29, 0.717) is 24.9 Å². The normalized spacial score (nSPS) is 17.2. The molecule has 1 amide bonds. The number of aromatic amines is 1. The molecule has 1 N–H and O–H groups in total. The summed E-state index contributed by atoms with van der Waals surface area (Å²) in [6, 6.07) is 12.6. The van der Waals surface area contributed by atoms with Gasteiger partial charge in [-0.1, -0.05) is 6.07 Å². The first-order valence-electron chi connectivity index (χ1n) is 13.3. The third-order valence-corrected chi connectivity index (χ3v) is 7.61. The van der Waals surface area contributed by atoms with Gasteiger partial charge in [0.1, 0.15) is 12.2 Å². The molecule has 1 saturated heterocycles. The topological polar surface area (TPSA) is 100 Å². The van der Waals surface area contributed by atoms with Crippen molar-refractivity contribution in [2.24, 2.45) is 5.92 Å². The van der Waals surface area contributed by atoms with Crippen molar-refractivity contribution < 1.29 is 9.53 Å². The highest BCUT2D eigenvalue weighted by molar-refractivity contribution is 5.81. The van der Waals surface area contributed by atoms with E-state index in [1.165, 1.54) is 5.56 Å². The monoisotopic (exact) mass is 511 g/mol. The van der Waals surface area contributed by atoms with Crippen LogP contribution in [0.15, 0.2) is 48.9 Å². The third kappa shape index (κ3) is 5.30. The molecule has 1 aliphatic carbocycles. The van der Waals surface area contributed by atoms with Crippen molar-refractivity contribution in [1.29, 1.82) is 0 Å². The number of hydrogen-bond acceptors (Lipinski definition) is 7. The molecule has 0 bridgehead atoms. The standard InChI is InChI=1S/C29H33N7O2/c1-19(35-9-11-36(12-10-35)29(37)20-3-4-20)21-7-8-30-23(13-21)16-28-33-25-6-5-22(14-27(25)34-28)26-15-24(17-38-2)31-18-32-26/h5-8,13-15,18-20H,3-4,9-12,16-17H2,1-2H3,(H,33,34). The first kappa shape index (κ1) is 24.6. The van der Waals surface area contributed by atoms with Crippen molar-refractivity contribution in [2.75, 3.05) is 33.3 Å². The lowest BCUT2D eigenvalue weighted by molar-refractivity contribution is -0.134. The number of amides is 1. The van der Waals surface area contributed by atoms with Crippen LogP contribution >= 0.6 is 0 Å². The van der Waals surface area contributed by atoms with Gasteiger partial charge in [0.05, 0.1) is 29.0 Å². The lowest BCUT2D eigenvalue weighted by atomic mass is 10.1. The number of ether oxygens (including phenoxy) is 1. The Morgan fingerprint density at radius 2 is 1.89 bits per heavy atom. The van der Waals surface area contributed by atoms with Crippen LogP contribution in [-0.2, 0) is 22.6 Å². The van der Waals surface area contributed by atoms with Crippen LogP contribution in [0, 0.1) is 5.92 Å². The second-order valence-corrected chi connectivity index (χ2v) is 10.3. The molecule has 1 unspecified atom stereocenters. The molecule has 0 radical (unpaired) electrons. The summed E-state index contributed by atoms with van der Waals surface area (Å²) in [5.74, 6) is 1.53. The molecule has 196 valence electrons. The summed E-state index contributed by atoms with van der Waals surface area (Å²) < 4.78 is 5.20. The van der Waals surface area contributed by atoms with Gasteiger partial charge in [-0.05, 0) is 55.7 Å². The number of H-pyrrole nitrogens is 1. The van der Waals surface area contributed by atoms with Crippen LogP contribution in [0.4, 0.5) is 0 Å². The molecule has 0 spiro atoms. The number of pyridine rings is 1. The molecule has 4 aromatic rings. The van der Waals surface area contributed by atoms with Crippen LogP contribution in [0.2, 0.25) is 0 Å². The summed E-state index contributed by atoms with van der Waals surface area (Å²) in [7, 11) is 1.66. The van der Waals surface area contributed by atoms with Crippen molar-refractivity contribution in [3.63, 3.8) is 0 Å². The Kier molecular flexibility index (Phi) is 6.86. The van der Waals surface area contributed by atoms with Crippen molar-refractivity contribution in [2.45, 2.75) is 38.8 Å². The molecule has 38 heavy (non-hydrogen) atoms. The number of rotatable bonds is 8. The highest BCUT2D eigenvalue weighted by Crippen LogP contribution is 2.32. The van der Waals surface area contributed by atoms with E-state index in [1.807, 2.05) is 24.4 Å². The van der Waals surface area contributed by atoms with Gasteiger partial charge in [0.2, 0.25) is 5.91 Å². The summed E-state index contributed by atoms with van der Waals surface area (Å²) in [4.78, 5) is 38.5. The quantitative estimate of drug-likeness (QED) is 0.384. The predicted octanol–water partition coefficient (Wildman–Crippen LogP) is 3.77. The maximum Gasteiger partial charge on any atom is 0.225 e. The smallest absolute Gasteiger partial charge is 0.225 e. The number of piperazine rings is 1. The maximum atomic E-state index is 12.4. The van der Waals surface area contributed by atoms with Crippen LogP contribution in [0.25, 0.3) is 22.3 Å². The number of aromatic nitrogens is 5. The Balaban J connectivity index is 1.13. The molecule has 3 aromatic heterocycles. The number of benzene rings is 1. The Morgan fingerprint density at radius 3 is 2.68 bits per heavy atom. The zero-order chi connectivity index (χ0) is 26.1. The molecule has 1 saturated carbocycles. The van der Waals surface area contributed by atoms with Crippen molar-refractivity contribution in [3.05, 3.63) is 71.7 Å². The number of carbonyl (C=O) groups is 1. The molecular formula is C29H33N7O2. The van der Waals surface area contributed by atoms with Crippen LogP contribution in [0.1, 0.15) is 48.6 Å². The van der Waals surface area contributed by atoms with Gasteiger partial charge in [-0.25, -0.2) is 15.0 Å². The van der Waals surface area contributed by atoms with Crippen LogP contribution in [0.5, 0.6) is 0 Å². The fourth-order valence-corrected chi connectivity index (χ4v) is 5.24. The zero-order valence-corrected chi connectivity index (χ0v) is 21.9. The number of carbonyl (C=O) groups excluding carboxylic acids is 1. The molecule has 1 aromatic carbocycles. The first-order chi connectivity index (χ1) is 18.6. The Labute approximate surface area is 222 Å². The average Bonchev–Trinajstić information content (AvgIpc) is 3.72. The lowest BCUT2D eigenvalue weighted by Crippen LogP contribution is -2.49. The molecule has 1 aliphatic heterocycles. The van der Waals surface area contributed by atoms with E-state index in [0.717, 1.165) is 78.5 Å². The van der Waals surface area contributed by atoms with Crippen molar-refractivity contribution >= 4 is 16.9 Å². The number of imidazole rings is 1. The Bertz CT molecular complexity index is 1440. The molecule has 6 rings (SSSR count). The number of nitrogens with one attached hydrogen (secondary N) is 1. The van der Waals surface area contributed by atoms with E-state index in [2.05, 4.69) is 54.9 Å². The Morgan fingerprint density at radius 1 is 1.05 bits per heavy atom. The third-order valence-electron chi connectivity index (χ3n) is 7.61. The molecule has 9 heteroatoms. The molecule has 2 fully saturated rings. The number of hydrogen-bond donors (Lipinski definition) is 1. The summed E-state index contributed by atoms with van der Waals surface area (Å²) >= 11 is 0. The maximum absolute atomic E-state index is 12.4. The largest absolute Gasteiger partial charge is 0.378 e. The number of methoxy groups -OCH3 is 1. The first-order valence-corrected chi connectivity index (χ1v) is 13.3. The summed E-state index contributed by atoms with van der Waals surface area (Å²) in [6.45, 7) is 6.14. The predicted molar refractivity (Wildman–Crippen MR) is 144 cm³/mol. The second kappa shape index (κ2) is 10.6. The minimum Gasteiger partial charge on any atom is -0.378 e. The van der Waals surface area contributed by atoms with Crippen LogP contribution < -0.4 is 0 Å². The van der Waals surface area contributed by atoms with Gasteiger partial charge in [-0.2, -0.15) is 0 Å². The second-order valence-electron chi connectivity index (χ2n) is 10.3. The molecular weight excluding hydrogens is 478 g/mol. The Hall–Kier alpha value is -3.69. The SMILES string of the molecule is COCc1cc(-c2ccc3nc(Cc4cc(C(C)N5CCN(C(=O)C6CC6)CC5)ccn4)[nH]c3c2)ncn1. The van der Waals surface area contributed by atoms with E-state index in [4.69, 9.17) is 9.72 Å².